The van der Waals surface area contributed by atoms with Gasteiger partial charge in [-0.25, -0.2) is 4.79 Å². The number of anilines is 1. The largest absolute Gasteiger partial charge is 0.350 e. The standard InChI is InChI=1S/C24H24N4O/c1-17-8-3-5-11-22(17)27-24(29)26-15-20(18-9-7-13-25-14-18)21-16-28(2)23-12-6-4-10-19(21)23/h3-14,16,20H,15H2,1-2H3,(H2,26,27,29)/t20-/m0/s1. The molecule has 5 nitrogen and oxygen atoms in total. The minimum absolute atomic E-state index is 0.00239. The number of carbonyl (C=O) groups excluding carboxylic acids is 1. The van der Waals surface area contributed by atoms with Gasteiger partial charge in [0.05, 0.1) is 0 Å². The molecule has 2 N–H and O–H groups in total. The van der Waals surface area contributed by atoms with E-state index in [0.29, 0.717) is 6.54 Å². The van der Waals surface area contributed by atoms with E-state index in [1.54, 1.807) is 6.20 Å². The molecule has 0 bridgehead atoms. The summed E-state index contributed by atoms with van der Waals surface area (Å²) in [6, 6.07) is 19.8. The Morgan fingerprint density at radius 1 is 1.07 bits per heavy atom. The number of urea groups is 1. The molecule has 146 valence electrons. The summed E-state index contributed by atoms with van der Waals surface area (Å²) in [5.41, 5.74) is 5.25. The van der Waals surface area contributed by atoms with Crippen molar-refractivity contribution in [1.82, 2.24) is 14.9 Å². The number of fused-ring (bicyclic) bond motifs is 1. The van der Waals surface area contributed by atoms with Crippen LogP contribution in [0.5, 0.6) is 0 Å². The third-order valence-corrected chi connectivity index (χ3v) is 5.25. The molecule has 0 spiro atoms. The first-order chi connectivity index (χ1) is 14.1. The first-order valence-electron chi connectivity index (χ1n) is 9.68. The number of amides is 2. The summed E-state index contributed by atoms with van der Waals surface area (Å²) in [6.07, 6.45) is 5.78. The molecule has 0 aliphatic heterocycles. The highest BCUT2D eigenvalue weighted by Gasteiger charge is 2.20. The molecule has 2 amide bonds. The summed E-state index contributed by atoms with van der Waals surface area (Å²) in [4.78, 5) is 16.8. The number of para-hydroxylation sites is 2. The summed E-state index contributed by atoms with van der Waals surface area (Å²) in [7, 11) is 2.05. The lowest BCUT2D eigenvalue weighted by Crippen LogP contribution is -2.33. The van der Waals surface area contributed by atoms with Crippen LogP contribution >= 0.6 is 0 Å². The van der Waals surface area contributed by atoms with Gasteiger partial charge in [0.2, 0.25) is 0 Å². The van der Waals surface area contributed by atoms with Gasteiger partial charge in [-0.15, -0.1) is 0 Å². The predicted octanol–water partition coefficient (Wildman–Crippen LogP) is 4.84. The van der Waals surface area contributed by atoms with E-state index in [0.717, 1.165) is 16.8 Å². The first kappa shape index (κ1) is 18.7. The number of nitrogens with one attached hydrogen (secondary N) is 2. The fourth-order valence-corrected chi connectivity index (χ4v) is 3.71. The van der Waals surface area contributed by atoms with Gasteiger partial charge in [-0.1, -0.05) is 42.5 Å². The Morgan fingerprint density at radius 2 is 1.86 bits per heavy atom. The maximum Gasteiger partial charge on any atom is 0.319 e. The van der Waals surface area contributed by atoms with Crippen LogP contribution in [-0.2, 0) is 7.05 Å². The molecule has 0 aliphatic carbocycles. The SMILES string of the molecule is Cc1ccccc1NC(=O)NC[C@@H](c1cccnc1)c1cn(C)c2ccccc12. The molecule has 0 unspecified atom stereocenters. The molecule has 1 atom stereocenters. The van der Waals surface area contributed by atoms with Crippen LogP contribution in [0, 0.1) is 6.92 Å². The molecule has 0 saturated carbocycles. The van der Waals surface area contributed by atoms with E-state index in [9.17, 15) is 4.79 Å². The third-order valence-electron chi connectivity index (χ3n) is 5.25. The highest BCUT2D eigenvalue weighted by Crippen LogP contribution is 2.31. The molecule has 2 aromatic heterocycles. The van der Waals surface area contributed by atoms with Crippen LogP contribution < -0.4 is 10.6 Å². The fraction of sp³-hybridized carbons (Fsp3) is 0.167. The third kappa shape index (κ3) is 3.99. The Kier molecular flexibility index (Phi) is 5.29. The van der Waals surface area contributed by atoms with E-state index >= 15 is 0 Å². The van der Waals surface area contributed by atoms with Gasteiger partial charge in [-0.05, 0) is 41.8 Å². The quantitative estimate of drug-likeness (QED) is 0.517. The predicted molar refractivity (Wildman–Crippen MR) is 117 cm³/mol. The lowest BCUT2D eigenvalue weighted by molar-refractivity contribution is 0.252. The molecule has 2 heterocycles. The summed E-state index contributed by atoms with van der Waals surface area (Å²) in [6.45, 7) is 2.45. The number of aromatic nitrogens is 2. The van der Waals surface area contributed by atoms with Crippen LogP contribution in [0.2, 0.25) is 0 Å². The summed E-state index contributed by atoms with van der Waals surface area (Å²) in [5.74, 6) is -0.00239. The fourth-order valence-electron chi connectivity index (χ4n) is 3.71. The Hall–Kier alpha value is -3.60. The molecular formula is C24H24N4O. The van der Waals surface area contributed by atoms with Crippen molar-refractivity contribution in [2.45, 2.75) is 12.8 Å². The number of nitrogens with zero attached hydrogens (tertiary/aromatic N) is 2. The Bertz CT molecular complexity index is 1130. The number of aryl methyl sites for hydroxylation is 2. The summed E-state index contributed by atoms with van der Waals surface area (Å²) < 4.78 is 2.13. The monoisotopic (exact) mass is 384 g/mol. The van der Waals surface area contributed by atoms with Gasteiger partial charge >= 0.3 is 6.03 Å². The number of hydrogen-bond donors (Lipinski definition) is 2. The van der Waals surface area contributed by atoms with Crippen molar-refractivity contribution >= 4 is 22.6 Å². The van der Waals surface area contributed by atoms with Gasteiger partial charge in [0.25, 0.3) is 0 Å². The maximum atomic E-state index is 12.6. The Balaban J connectivity index is 1.60. The van der Waals surface area contributed by atoms with Crippen molar-refractivity contribution in [3.8, 4) is 0 Å². The van der Waals surface area contributed by atoms with Gasteiger partial charge in [0.1, 0.15) is 0 Å². The van der Waals surface area contributed by atoms with Crippen LogP contribution in [0.25, 0.3) is 10.9 Å². The van der Waals surface area contributed by atoms with Crippen molar-refractivity contribution in [3.63, 3.8) is 0 Å². The molecule has 0 fully saturated rings. The normalized spacial score (nSPS) is 11.9. The second-order valence-corrected chi connectivity index (χ2v) is 7.20. The van der Waals surface area contributed by atoms with Crippen LogP contribution in [0.3, 0.4) is 0 Å². The second kappa shape index (κ2) is 8.19. The molecule has 29 heavy (non-hydrogen) atoms. The van der Waals surface area contributed by atoms with E-state index < -0.39 is 0 Å². The van der Waals surface area contributed by atoms with Crippen molar-refractivity contribution in [2.75, 3.05) is 11.9 Å². The van der Waals surface area contributed by atoms with Crippen molar-refractivity contribution in [1.29, 1.82) is 0 Å². The summed E-state index contributed by atoms with van der Waals surface area (Å²) >= 11 is 0. The highest BCUT2D eigenvalue weighted by molar-refractivity contribution is 5.90. The zero-order valence-electron chi connectivity index (χ0n) is 16.6. The molecule has 0 aliphatic rings. The van der Waals surface area contributed by atoms with Crippen molar-refractivity contribution < 1.29 is 4.79 Å². The molecule has 5 heteroatoms. The smallest absolute Gasteiger partial charge is 0.319 e. The van der Waals surface area contributed by atoms with Crippen LogP contribution in [0.1, 0.15) is 22.6 Å². The van der Waals surface area contributed by atoms with E-state index in [4.69, 9.17) is 0 Å². The van der Waals surface area contributed by atoms with Gasteiger partial charge in [-0.2, -0.15) is 0 Å². The average molecular weight is 384 g/mol. The number of rotatable bonds is 5. The molecule has 4 rings (SSSR count). The second-order valence-electron chi connectivity index (χ2n) is 7.20. The van der Waals surface area contributed by atoms with Crippen LogP contribution in [0.4, 0.5) is 10.5 Å². The van der Waals surface area contributed by atoms with E-state index in [1.807, 2.05) is 62.6 Å². The topological polar surface area (TPSA) is 59.0 Å². The Morgan fingerprint density at radius 3 is 2.66 bits per heavy atom. The molecule has 4 aromatic rings. The van der Waals surface area contributed by atoms with Gasteiger partial charge in [-0.3, -0.25) is 4.98 Å². The number of benzene rings is 2. The van der Waals surface area contributed by atoms with Crippen molar-refractivity contribution in [2.24, 2.45) is 7.05 Å². The van der Waals surface area contributed by atoms with Gasteiger partial charge in [0, 0.05) is 54.7 Å². The van der Waals surface area contributed by atoms with Crippen molar-refractivity contribution in [3.05, 3.63) is 95.9 Å². The van der Waals surface area contributed by atoms with Gasteiger partial charge in [0.15, 0.2) is 0 Å². The lowest BCUT2D eigenvalue weighted by atomic mass is 9.92. The molecular weight excluding hydrogens is 360 g/mol. The lowest BCUT2D eigenvalue weighted by Gasteiger charge is -2.18. The van der Waals surface area contributed by atoms with Gasteiger partial charge < -0.3 is 15.2 Å². The van der Waals surface area contributed by atoms with E-state index in [1.165, 1.54) is 16.5 Å². The number of carbonyl (C=O) groups is 1. The number of hydrogen-bond acceptors (Lipinski definition) is 2. The van der Waals surface area contributed by atoms with E-state index in [-0.39, 0.29) is 11.9 Å². The zero-order chi connectivity index (χ0) is 20.2. The molecule has 0 radical (unpaired) electrons. The highest BCUT2D eigenvalue weighted by atomic mass is 16.2. The summed E-state index contributed by atoms with van der Waals surface area (Å²) in [5, 5.41) is 7.17. The average Bonchev–Trinajstić information content (AvgIpc) is 3.07. The number of pyridine rings is 1. The first-order valence-corrected chi connectivity index (χ1v) is 9.68. The molecule has 0 saturated heterocycles. The maximum absolute atomic E-state index is 12.6. The van der Waals surface area contributed by atoms with E-state index in [2.05, 4.69) is 44.6 Å². The minimum Gasteiger partial charge on any atom is -0.350 e. The van der Waals surface area contributed by atoms with Crippen LogP contribution in [0.15, 0.2) is 79.3 Å². The molecule has 2 aromatic carbocycles. The minimum atomic E-state index is -0.214. The van der Waals surface area contributed by atoms with Crippen LogP contribution in [-0.4, -0.2) is 22.1 Å². The Labute approximate surface area is 170 Å². The zero-order valence-corrected chi connectivity index (χ0v) is 16.6.